The van der Waals surface area contributed by atoms with E-state index in [2.05, 4.69) is 13.0 Å². The highest BCUT2D eigenvalue weighted by molar-refractivity contribution is 8.18. The molecular formula is C27H29N3O3S. The van der Waals surface area contributed by atoms with Crippen molar-refractivity contribution < 1.29 is 14.4 Å². The van der Waals surface area contributed by atoms with Crippen molar-refractivity contribution in [2.75, 3.05) is 13.1 Å². The SMILES string of the molecule is CCc1cccc2c(/C=C3\SC(=O)N(Cc4ccccc4)C3=O)cn(CC(=O)N(CC)CC)c12. The molecule has 176 valence electrons. The Hall–Kier alpha value is -3.32. The van der Waals surface area contributed by atoms with E-state index in [9.17, 15) is 14.4 Å². The summed E-state index contributed by atoms with van der Waals surface area (Å²) in [6.45, 7) is 7.86. The van der Waals surface area contributed by atoms with Crippen LogP contribution < -0.4 is 0 Å². The fraction of sp³-hybridized carbons (Fsp3) is 0.296. The molecule has 0 N–H and O–H groups in total. The molecule has 7 heteroatoms. The summed E-state index contributed by atoms with van der Waals surface area (Å²) in [4.78, 5) is 42.1. The number of hydrogen-bond donors (Lipinski definition) is 0. The van der Waals surface area contributed by atoms with Gasteiger partial charge in [0.05, 0.1) is 17.0 Å². The molecule has 0 unspecified atom stereocenters. The van der Waals surface area contributed by atoms with Crippen molar-refractivity contribution in [3.8, 4) is 0 Å². The van der Waals surface area contributed by atoms with Gasteiger partial charge >= 0.3 is 0 Å². The fourth-order valence-corrected chi connectivity index (χ4v) is 5.19. The van der Waals surface area contributed by atoms with Gasteiger partial charge in [-0.25, -0.2) is 0 Å². The molecule has 1 fully saturated rings. The van der Waals surface area contributed by atoms with Gasteiger partial charge in [-0.05, 0) is 49.2 Å². The van der Waals surface area contributed by atoms with Gasteiger partial charge < -0.3 is 9.47 Å². The molecule has 0 radical (unpaired) electrons. The van der Waals surface area contributed by atoms with Crippen LogP contribution in [0.4, 0.5) is 4.79 Å². The number of aromatic nitrogens is 1. The van der Waals surface area contributed by atoms with Crippen LogP contribution in [0.25, 0.3) is 17.0 Å². The first-order valence-corrected chi connectivity index (χ1v) is 12.5. The number of benzene rings is 2. The second kappa shape index (κ2) is 10.3. The average Bonchev–Trinajstić information content (AvgIpc) is 3.32. The Morgan fingerprint density at radius 1 is 1.00 bits per heavy atom. The first kappa shape index (κ1) is 23.8. The first-order valence-electron chi connectivity index (χ1n) is 11.6. The maximum Gasteiger partial charge on any atom is 0.293 e. The number of rotatable bonds is 8. The van der Waals surface area contributed by atoms with Gasteiger partial charge in [0.1, 0.15) is 6.54 Å². The molecule has 0 aliphatic carbocycles. The zero-order valence-corrected chi connectivity index (χ0v) is 20.6. The molecule has 3 amide bonds. The molecule has 1 aliphatic heterocycles. The van der Waals surface area contributed by atoms with Crippen LogP contribution in [0, 0.1) is 0 Å². The zero-order chi connectivity index (χ0) is 24.2. The highest BCUT2D eigenvalue weighted by Gasteiger charge is 2.35. The van der Waals surface area contributed by atoms with Crippen LogP contribution in [0.1, 0.15) is 37.5 Å². The maximum atomic E-state index is 13.1. The van der Waals surface area contributed by atoms with Crippen LogP contribution in [0.2, 0.25) is 0 Å². The molecule has 0 atom stereocenters. The van der Waals surface area contributed by atoms with Crippen molar-refractivity contribution in [2.45, 2.75) is 40.3 Å². The van der Waals surface area contributed by atoms with E-state index in [-0.39, 0.29) is 30.1 Å². The summed E-state index contributed by atoms with van der Waals surface area (Å²) >= 11 is 0.964. The smallest absolute Gasteiger partial charge is 0.293 e. The normalized spacial score (nSPS) is 15.0. The Bertz CT molecular complexity index is 1260. The van der Waals surface area contributed by atoms with Crippen molar-refractivity contribution in [1.82, 2.24) is 14.4 Å². The number of nitrogens with zero attached hydrogens (tertiary/aromatic N) is 3. The van der Waals surface area contributed by atoms with Crippen molar-refractivity contribution >= 4 is 45.8 Å². The molecule has 34 heavy (non-hydrogen) atoms. The number of fused-ring (bicyclic) bond motifs is 1. The van der Waals surface area contributed by atoms with Crippen molar-refractivity contribution in [2.24, 2.45) is 0 Å². The summed E-state index contributed by atoms with van der Waals surface area (Å²) in [7, 11) is 0. The molecule has 1 aliphatic rings. The number of carbonyl (C=O) groups is 3. The summed E-state index contributed by atoms with van der Waals surface area (Å²) in [5, 5.41) is 0.705. The van der Waals surface area contributed by atoms with Gasteiger partial charge in [-0.1, -0.05) is 55.5 Å². The van der Waals surface area contributed by atoms with Gasteiger partial charge in [0, 0.05) is 30.2 Å². The van der Waals surface area contributed by atoms with E-state index in [1.807, 2.05) is 72.0 Å². The third-order valence-corrected chi connectivity index (χ3v) is 7.07. The highest BCUT2D eigenvalue weighted by Crippen LogP contribution is 2.35. The molecule has 0 saturated carbocycles. The van der Waals surface area contributed by atoms with E-state index >= 15 is 0 Å². The molecule has 3 aromatic rings. The number of likely N-dealkylation sites (N-methyl/N-ethyl adjacent to an activating group) is 1. The second-order valence-electron chi connectivity index (χ2n) is 8.20. The number of carbonyl (C=O) groups excluding carboxylic acids is 3. The van der Waals surface area contributed by atoms with Crippen LogP contribution in [0.3, 0.4) is 0 Å². The van der Waals surface area contributed by atoms with E-state index in [4.69, 9.17) is 0 Å². The molecule has 1 saturated heterocycles. The Balaban J connectivity index is 1.70. The molecule has 2 aromatic carbocycles. The first-order chi connectivity index (χ1) is 16.5. The van der Waals surface area contributed by atoms with E-state index < -0.39 is 0 Å². The van der Waals surface area contributed by atoms with Gasteiger partial charge in [0.2, 0.25) is 5.91 Å². The minimum absolute atomic E-state index is 0.0579. The van der Waals surface area contributed by atoms with Crippen molar-refractivity contribution in [3.63, 3.8) is 0 Å². The zero-order valence-electron chi connectivity index (χ0n) is 19.8. The number of hydrogen-bond acceptors (Lipinski definition) is 4. The average molecular weight is 476 g/mol. The quantitative estimate of drug-likeness (QED) is 0.414. The van der Waals surface area contributed by atoms with Crippen molar-refractivity contribution in [1.29, 1.82) is 0 Å². The monoisotopic (exact) mass is 475 g/mol. The summed E-state index contributed by atoms with van der Waals surface area (Å²) in [6.07, 6.45) is 4.54. The van der Waals surface area contributed by atoms with Gasteiger partial charge in [-0.15, -0.1) is 0 Å². The number of aryl methyl sites for hydroxylation is 1. The summed E-state index contributed by atoms with van der Waals surface area (Å²) in [5.41, 5.74) is 3.88. The Morgan fingerprint density at radius 3 is 2.41 bits per heavy atom. The largest absolute Gasteiger partial charge is 0.342 e. The van der Waals surface area contributed by atoms with Crippen LogP contribution >= 0.6 is 11.8 Å². The summed E-state index contributed by atoms with van der Waals surface area (Å²) < 4.78 is 1.98. The number of amides is 3. The fourth-order valence-electron chi connectivity index (χ4n) is 4.36. The standard InChI is InChI=1S/C27H29N3O3S/c1-4-20-13-10-14-22-21(17-29(25(20)22)18-24(31)28(5-2)6-3)15-23-26(32)30(27(33)34-23)16-19-11-8-7-9-12-19/h7-15,17H,4-6,16,18H2,1-3H3/b23-15-. The lowest BCUT2D eigenvalue weighted by molar-refractivity contribution is -0.131. The molecule has 2 heterocycles. The minimum atomic E-state index is -0.286. The number of imide groups is 1. The lowest BCUT2D eigenvalue weighted by Crippen LogP contribution is -2.33. The van der Waals surface area contributed by atoms with Gasteiger partial charge in [0.15, 0.2) is 0 Å². The number of para-hydroxylation sites is 1. The second-order valence-corrected chi connectivity index (χ2v) is 9.19. The predicted octanol–water partition coefficient (Wildman–Crippen LogP) is 5.31. The van der Waals surface area contributed by atoms with Gasteiger partial charge in [0.25, 0.3) is 11.1 Å². The molecule has 0 bridgehead atoms. The maximum absolute atomic E-state index is 13.1. The molecular weight excluding hydrogens is 446 g/mol. The molecule has 4 rings (SSSR count). The summed E-state index contributed by atoms with van der Waals surface area (Å²) in [6, 6.07) is 15.6. The van der Waals surface area contributed by atoms with E-state index in [1.165, 1.54) is 4.90 Å². The summed E-state index contributed by atoms with van der Waals surface area (Å²) in [5.74, 6) is -0.229. The van der Waals surface area contributed by atoms with E-state index in [0.717, 1.165) is 45.8 Å². The molecule has 1 aromatic heterocycles. The predicted molar refractivity (Wildman–Crippen MR) is 137 cm³/mol. The topological polar surface area (TPSA) is 62.6 Å². The Morgan fingerprint density at radius 2 is 1.74 bits per heavy atom. The van der Waals surface area contributed by atoms with Gasteiger partial charge in [-0.3, -0.25) is 19.3 Å². The van der Waals surface area contributed by atoms with Crippen LogP contribution in [0.5, 0.6) is 0 Å². The molecule has 0 spiro atoms. The van der Waals surface area contributed by atoms with E-state index in [0.29, 0.717) is 18.0 Å². The third-order valence-electron chi connectivity index (χ3n) is 6.16. The van der Waals surface area contributed by atoms with E-state index in [1.54, 1.807) is 6.08 Å². The minimum Gasteiger partial charge on any atom is -0.342 e. The lowest BCUT2D eigenvalue weighted by Gasteiger charge is -2.19. The third kappa shape index (κ3) is 4.66. The Kier molecular flexibility index (Phi) is 7.22. The van der Waals surface area contributed by atoms with Crippen LogP contribution in [-0.2, 0) is 29.1 Å². The van der Waals surface area contributed by atoms with Crippen molar-refractivity contribution in [3.05, 3.63) is 76.3 Å². The van der Waals surface area contributed by atoms with Crippen LogP contribution in [-0.4, -0.2) is 44.5 Å². The highest BCUT2D eigenvalue weighted by atomic mass is 32.2. The Labute approximate surface area is 204 Å². The number of thioether (sulfide) groups is 1. The van der Waals surface area contributed by atoms with Crippen LogP contribution in [0.15, 0.2) is 59.6 Å². The lowest BCUT2D eigenvalue weighted by atomic mass is 10.1. The van der Waals surface area contributed by atoms with Gasteiger partial charge in [-0.2, -0.15) is 0 Å². The molecule has 6 nitrogen and oxygen atoms in total.